The van der Waals surface area contributed by atoms with Gasteiger partial charge < -0.3 is 14.4 Å². The van der Waals surface area contributed by atoms with E-state index in [1.165, 1.54) is 4.68 Å². The second-order valence-corrected chi connectivity index (χ2v) is 7.57. The standard InChI is InChI=1S/C20H26N4O4/c1-5-24-17(21-22(4)19(24)26)14-7-6-12-23(13-14)18(25)16-9-8-15(28-16)10-11-20(2,3)27/h8-9,14,27H,5-7,12-13H2,1-4H3/t14-/m0/s1. The van der Waals surface area contributed by atoms with Crippen LogP contribution in [0.5, 0.6) is 0 Å². The monoisotopic (exact) mass is 386 g/mol. The minimum absolute atomic E-state index is 0.0102. The van der Waals surface area contributed by atoms with Crippen molar-refractivity contribution in [2.24, 2.45) is 7.05 Å². The number of hydrogen-bond acceptors (Lipinski definition) is 5. The Labute approximate surface area is 163 Å². The van der Waals surface area contributed by atoms with Crippen LogP contribution < -0.4 is 5.69 Å². The minimum atomic E-state index is -1.13. The zero-order valence-electron chi connectivity index (χ0n) is 16.7. The van der Waals surface area contributed by atoms with E-state index in [1.807, 2.05) is 6.92 Å². The molecule has 0 spiro atoms. The number of hydrogen-bond donors (Lipinski definition) is 1. The average molecular weight is 386 g/mol. The van der Waals surface area contributed by atoms with Crippen LogP contribution in [0.25, 0.3) is 0 Å². The average Bonchev–Trinajstić information content (AvgIpc) is 3.24. The van der Waals surface area contributed by atoms with Gasteiger partial charge in [0.15, 0.2) is 11.5 Å². The highest BCUT2D eigenvalue weighted by molar-refractivity contribution is 5.91. The van der Waals surface area contributed by atoms with Crippen LogP contribution in [0.3, 0.4) is 0 Å². The molecular weight excluding hydrogens is 360 g/mol. The van der Waals surface area contributed by atoms with Gasteiger partial charge in [-0.3, -0.25) is 9.36 Å². The molecule has 2 aromatic heterocycles. The van der Waals surface area contributed by atoms with Gasteiger partial charge in [0.1, 0.15) is 11.4 Å². The second-order valence-electron chi connectivity index (χ2n) is 7.57. The summed E-state index contributed by atoms with van der Waals surface area (Å²) in [4.78, 5) is 26.8. The first-order valence-corrected chi connectivity index (χ1v) is 9.48. The van der Waals surface area contributed by atoms with E-state index in [2.05, 4.69) is 16.9 Å². The molecule has 0 bridgehead atoms. The van der Waals surface area contributed by atoms with Gasteiger partial charge in [-0.25, -0.2) is 9.48 Å². The third kappa shape index (κ3) is 4.20. The molecular formula is C20H26N4O4. The number of likely N-dealkylation sites (tertiary alicyclic amines) is 1. The van der Waals surface area contributed by atoms with Crippen molar-refractivity contribution in [2.45, 2.75) is 51.7 Å². The molecule has 1 N–H and O–H groups in total. The summed E-state index contributed by atoms with van der Waals surface area (Å²) in [7, 11) is 1.64. The molecule has 1 atom stereocenters. The smallest absolute Gasteiger partial charge is 0.345 e. The summed E-state index contributed by atoms with van der Waals surface area (Å²) in [5.41, 5.74) is -1.27. The first-order valence-electron chi connectivity index (χ1n) is 9.48. The minimum Gasteiger partial charge on any atom is -0.443 e. The summed E-state index contributed by atoms with van der Waals surface area (Å²) >= 11 is 0. The van der Waals surface area contributed by atoms with E-state index in [-0.39, 0.29) is 23.3 Å². The first-order chi connectivity index (χ1) is 13.2. The van der Waals surface area contributed by atoms with Crippen molar-refractivity contribution in [2.75, 3.05) is 13.1 Å². The van der Waals surface area contributed by atoms with Crippen LogP contribution >= 0.6 is 0 Å². The van der Waals surface area contributed by atoms with Crippen molar-refractivity contribution in [1.82, 2.24) is 19.2 Å². The number of aliphatic hydroxyl groups is 1. The SMILES string of the molecule is CCn1c([C@H]2CCCN(C(=O)c3ccc(C#CC(C)(C)O)o3)C2)nn(C)c1=O. The highest BCUT2D eigenvalue weighted by Crippen LogP contribution is 2.26. The lowest BCUT2D eigenvalue weighted by Crippen LogP contribution is -2.40. The molecule has 1 amide bonds. The van der Waals surface area contributed by atoms with Gasteiger partial charge in [0.05, 0.1) is 0 Å². The Balaban J connectivity index is 1.77. The molecule has 1 aliphatic heterocycles. The summed E-state index contributed by atoms with van der Waals surface area (Å²) in [5.74, 6) is 6.48. The van der Waals surface area contributed by atoms with E-state index in [9.17, 15) is 14.7 Å². The molecule has 0 radical (unpaired) electrons. The number of aryl methyl sites for hydroxylation is 1. The van der Waals surface area contributed by atoms with Crippen molar-refractivity contribution >= 4 is 5.91 Å². The molecule has 0 aromatic carbocycles. The van der Waals surface area contributed by atoms with Crippen LogP contribution in [0.1, 0.15) is 61.7 Å². The molecule has 1 saturated heterocycles. The number of nitrogens with zero attached hydrogens (tertiary/aromatic N) is 4. The van der Waals surface area contributed by atoms with Gasteiger partial charge in [-0.15, -0.1) is 0 Å². The van der Waals surface area contributed by atoms with Crippen LogP contribution in [0.15, 0.2) is 21.3 Å². The normalized spacial score (nSPS) is 17.3. The Morgan fingerprint density at radius 2 is 2.18 bits per heavy atom. The lowest BCUT2D eigenvalue weighted by molar-refractivity contribution is 0.0670. The fourth-order valence-electron chi connectivity index (χ4n) is 3.39. The predicted molar refractivity (Wildman–Crippen MR) is 103 cm³/mol. The van der Waals surface area contributed by atoms with Gasteiger partial charge in [0.25, 0.3) is 5.91 Å². The molecule has 28 heavy (non-hydrogen) atoms. The number of furan rings is 1. The molecule has 1 aliphatic rings. The van der Waals surface area contributed by atoms with Gasteiger partial charge in [-0.2, -0.15) is 5.10 Å². The zero-order chi connectivity index (χ0) is 20.5. The van der Waals surface area contributed by atoms with E-state index in [4.69, 9.17) is 4.42 Å². The Kier molecular flexibility index (Phi) is 5.47. The Hall–Kier alpha value is -2.79. The van der Waals surface area contributed by atoms with Crippen LogP contribution in [-0.2, 0) is 13.6 Å². The van der Waals surface area contributed by atoms with E-state index >= 15 is 0 Å². The Morgan fingerprint density at radius 3 is 2.86 bits per heavy atom. The molecule has 0 aliphatic carbocycles. The molecule has 2 aromatic rings. The van der Waals surface area contributed by atoms with Crippen LogP contribution in [0.4, 0.5) is 0 Å². The van der Waals surface area contributed by atoms with Gasteiger partial charge in [-0.05, 0) is 51.7 Å². The van der Waals surface area contributed by atoms with Gasteiger partial charge in [-0.1, -0.05) is 5.92 Å². The number of carbonyl (C=O) groups excluding carboxylic acids is 1. The van der Waals surface area contributed by atoms with E-state index in [1.54, 1.807) is 42.5 Å². The number of amides is 1. The molecule has 0 unspecified atom stereocenters. The summed E-state index contributed by atoms with van der Waals surface area (Å²) in [6.45, 7) is 6.74. The molecule has 3 rings (SSSR count). The van der Waals surface area contributed by atoms with Crippen LogP contribution in [-0.4, -0.2) is 49.0 Å². The Bertz CT molecular complexity index is 980. The summed E-state index contributed by atoms with van der Waals surface area (Å²) < 4.78 is 8.56. The van der Waals surface area contributed by atoms with Crippen molar-refractivity contribution in [3.8, 4) is 11.8 Å². The van der Waals surface area contributed by atoms with E-state index in [0.717, 1.165) is 18.7 Å². The predicted octanol–water partition coefficient (Wildman–Crippen LogP) is 1.34. The third-order valence-corrected chi connectivity index (χ3v) is 4.74. The first kappa shape index (κ1) is 20.0. The van der Waals surface area contributed by atoms with Crippen LogP contribution in [0, 0.1) is 11.8 Å². The maximum absolute atomic E-state index is 12.9. The number of aromatic nitrogens is 3. The fraction of sp³-hybridized carbons (Fsp3) is 0.550. The summed E-state index contributed by atoms with van der Waals surface area (Å²) in [6, 6.07) is 3.23. The lowest BCUT2D eigenvalue weighted by Gasteiger charge is -2.31. The van der Waals surface area contributed by atoms with Crippen molar-refractivity contribution in [1.29, 1.82) is 0 Å². The second kappa shape index (κ2) is 7.68. The molecule has 8 nitrogen and oxygen atoms in total. The third-order valence-electron chi connectivity index (χ3n) is 4.74. The largest absolute Gasteiger partial charge is 0.443 e. The number of piperidine rings is 1. The zero-order valence-corrected chi connectivity index (χ0v) is 16.7. The molecule has 0 saturated carbocycles. The Morgan fingerprint density at radius 1 is 1.43 bits per heavy atom. The van der Waals surface area contributed by atoms with Crippen molar-refractivity contribution in [3.05, 3.63) is 40.0 Å². The lowest BCUT2D eigenvalue weighted by atomic mass is 9.97. The van der Waals surface area contributed by atoms with Gasteiger partial charge in [0.2, 0.25) is 0 Å². The van der Waals surface area contributed by atoms with E-state index in [0.29, 0.717) is 25.4 Å². The van der Waals surface area contributed by atoms with Gasteiger partial charge in [0, 0.05) is 32.6 Å². The fourth-order valence-corrected chi connectivity index (χ4v) is 3.39. The molecule has 3 heterocycles. The maximum Gasteiger partial charge on any atom is 0.345 e. The molecule has 1 fully saturated rings. The van der Waals surface area contributed by atoms with Crippen molar-refractivity contribution < 1.29 is 14.3 Å². The van der Waals surface area contributed by atoms with E-state index < -0.39 is 5.60 Å². The van der Waals surface area contributed by atoms with Crippen LogP contribution in [0.2, 0.25) is 0 Å². The number of carbonyl (C=O) groups is 1. The summed E-state index contributed by atoms with van der Waals surface area (Å²) in [6.07, 6.45) is 1.71. The van der Waals surface area contributed by atoms with Gasteiger partial charge >= 0.3 is 5.69 Å². The highest BCUT2D eigenvalue weighted by Gasteiger charge is 2.30. The molecule has 8 heteroatoms. The highest BCUT2D eigenvalue weighted by atomic mass is 16.4. The summed E-state index contributed by atoms with van der Waals surface area (Å²) in [5, 5.41) is 14.1. The topological polar surface area (TPSA) is 93.5 Å². The van der Waals surface area contributed by atoms with Crippen molar-refractivity contribution in [3.63, 3.8) is 0 Å². The molecule has 150 valence electrons. The maximum atomic E-state index is 12.9. The quantitative estimate of drug-likeness (QED) is 0.804. The number of rotatable bonds is 3.